The fourth-order valence-electron chi connectivity index (χ4n) is 2.32. The number of aliphatic hydroxyl groups excluding tert-OH is 2. The van der Waals surface area contributed by atoms with Crippen LogP contribution < -0.4 is 0 Å². The minimum absolute atomic E-state index is 0.0339. The first-order chi connectivity index (χ1) is 9.54. The van der Waals surface area contributed by atoms with E-state index >= 15 is 0 Å². The highest BCUT2D eigenvalue weighted by Gasteiger charge is 2.44. The van der Waals surface area contributed by atoms with Gasteiger partial charge >= 0.3 is 5.88 Å². The number of hydrogen-bond donors (Lipinski definition) is 2. The molecule has 0 radical (unpaired) electrons. The lowest BCUT2D eigenvalue weighted by Gasteiger charge is -2.42. The number of nitrogens with zero attached hydrogens (tertiary/aromatic N) is 1. The van der Waals surface area contributed by atoms with Gasteiger partial charge < -0.3 is 28.8 Å². The van der Waals surface area contributed by atoms with Crippen molar-refractivity contribution >= 4 is 5.88 Å². The maximum atomic E-state index is 10.6. The second-order valence-corrected chi connectivity index (χ2v) is 4.63. The van der Waals surface area contributed by atoms with Crippen LogP contribution >= 0.6 is 0 Å². The zero-order valence-corrected chi connectivity index (χ0v) is 10.2. The molecule has 9 nitrogen and oxygen atoms in total. The molecule has 3 rings (SSSR count). The van der Waals surface area contributed by atoms with Gasteiger partial charge in [-0.25, -0.2) is 0 Å². The fourth-order valence-corrected chi connectivity index (χ4v) is 2.32. The highest BCUT2D eigenvalue weighted by atomic mass is 16.7. The van der Waals surface area contributed by atoms with Crippen LogP contribution in [0.3, 0.4) is 0 Å². The van der Waals surface area contributed by atoms with E-state index in [4.69, 9.17) is 18.6 Å². The predicted octanol–water partition coefficient (Wildman–Crippen LogP) is 0.0700. The highest BCUT2D eigenvalue weighted by molar-refractivity contribution is 5.18. The topological polar surface area (TPSA) is 124 Å². The molecule has 2 N–H and O–H groups in total. The molecule has 2 aliphatic rings. The lowest BCUT2D eigenvalue weighted by Crippen LogP contribution is -2.54. The number of rotatable bonds is 2. The predicted molar refractivity (Wildman–Crippen MR) is 60.4 cm³/mol. The minimum atomic E-state index is -1.06. The smallest absolute Gasteiger partial charge is 0.400 e. The van der Waals surface area contributed by atoms with Gasteiger partial charge in [-0.2, -0.15) is 0 Å². The molecular formula is C11H13NO8. The summed E-state index contributed by atoms with van der Waals surface area (Å²) in [6, 6.07) is 2.58. The Balaban J connectivity index is 1.72. The van der Waals surface area contributed by atoms with Crippen molar-refractivity contribution in [3.8, 4) is 0 Å². The van der Waals surface area contributed by atoms with Gasteiger partial charge in [-0.05, 0) is 6.07 Å². The largest absolute Gasteiger partial charge is 0.433 e. The molecule has 0 aromatic carbocycles. The lowest BCUT2D eigenvalue weighted by molar-refractivity contribution is -0.403. The average Bonchev–Trinajstić information content (AvgIpc) is 2.88. The number of ether oxygens (including phenoxy) is 3. The molecular weight excluding hydrogens is 274 g/mol. The molecule has 4 unspecified atom stereocenters. The molecule has 5 atom stereocenters. The molecule has 110 valence electrons. The maximum absolute atomic E-state index is 10.6. The summed E-state index contributed by atoms with van der Waals surface area (Å²) in [5, 5.41) is 29.8. The van der Waals surface area contributed by atoms with E-state index in [2.05, 4.69) is 0 Å². The highest BCUT2D eigenvalue weighted by Crippen LogP contribution is 2.34. The van der Waals surface area contributed by atoms with E-state index in [0.29, 0.717) is 0 Å². The van der Waals surface area contributed by atoms with Gasteiger partial charge in [0, 0.05) is 6.42 Å². The summed E-state index contributed by atoms with van der Waals surface area (Å²) in [7, 11) is 0. The molecule has 2 aliphatic heterocycles. The van der Waals surface area contributed by atoms with E-state index < -0.39 is 41.7 Å². The Bertz CT molecular complexity index is 502. The first-order valence-electron chi connectivity index (χ1n) is 6.07. The van der Waals surface area contributed by atoms with Gasteiger partial charge in [0.05, 0.1) is 18.8 Å². The van der Waals surface area contributed by atoms with Crippen molar-refractivity contribution in [2.45, 2.75) is 37.3 Å². The zero-order valence-electron chi connectivity index (χ0n) is 10.2. The van der Waals surface area contributed by atoms with Crippen LogP contribution in [0.25, 0.3) is 0 Å². The Morgan fingerprint density at radius 2 is 2.10 bits per heavy atom. The average molecular weight is 287 g/mol. The number of fused-ring (bicyclic) bond motifs is 1. The molecule has 1 aromatic heterocycles. The molecule has 2 fully saturated rings. The summed E-state index contributed by atoms with van der Waals surface area (Å²) in [4.78, 5) is 9.89. The fraction of sp³-hybridized carbons (Fsp3) is 0.636. The molecule has 2 saturated heterocycles. The standard InChI is InChI=1S/C11H13NO8/c13-5-3-9(14)19-7-4-17-11(20-10(5)7)6-1-2-8(18-6)12(15)16/h1-2,5,7,9-11,13-14H,3-4H2/t5-,7?,9?,10?,11?/m1/s1. The first-order valence-corrected chi connectivity index (χ1v) is 6.07. The molecule has 20 heavy (non-hydrogen) atoms. The molecule has 9 heteroatoms. The summed E-state index contributed by atoms with van der Waals surface area (Å²) >= 11 is 0. The molecule has 0 aliphatic carbocycles. The molecule has 0 amide bonds. The number of nitro groups is 1. The Morgan fingerprint density at radius 1 is 1.30 bits per heavy atom. The van der Waals surface area contributed by atoms with Crippen LogP contribution in [0.1, 0.15) is 18.5 Å². The van der Waals surface area contributed by atoms with Crippen LogP contribution in [0.15, 0.2) is 16.5 Å². The first kappa shape index (κ1) is 13.5. The van der Waals surface area contributed by atoms with Crippen LogP contribution in [0.4, 0.5) is 5.88 Å². The Kier molecular flexibility index (Phi) is 3.44. The Labute approximate surface area is 112 Å². The van der Waals surface area contributed by atoms with Crippen molar-refractivity contribution in [2.24, 2.45) is 0 Å². The van der Waals surface area contributed by atoms with E-state index in [9.17, 15) is 20.3 Å². The Hall–Kier alpha value is -1.52. The van der Waals surface area contributed by atoms with Crippen molar-refractivity contribution in [1.29, 1.82) is 0 Å². The van der Waals surface area contributed by atoms with E-state index in [1.807, 2.05) is 0 Å². The lowest BCUT2D eigenvalue weighted by atomic mass is 10.0. The van der Waals surface area contributed by atoms with E-state index in [0.717, 1.165) is 0 Å². The van der Waals surface area contributed by atoms with Gasteiger partial charge in [-0.1, -0.05) is 0 Å². The van der Waals surface area contributed by atoms with E-state index in [-0.39, 0.29) is 18.8 Å². The van der Waals surface area contributed by atoms with Gasteiger partial charge in [0.15, 0.2) is 12.1 Å². The Morgan fingerprint density at radius 3 is 2.80 bits per heavy atom. The number of aliphatic hydroxyl groups is 2. The van der Waals surface area contributed by atoms with Gasteiger partial charge in [0.1, 0.15) is 17.1 Å². The van der Waals surface area contributed by atoms with Crippen molar-refractivity contribution in [1.82, 2.24) is 0 Å². The van der Waals surface area contributed by atoms with Crippen molar-refractivity contribution in [3.63, 3.8) is 0 Å². The third-order valence-corrected chi connectivity index (χ3v) is 3.24. The zero-order chi connectivity index (χ0) is 14.3. The molecule has 0 saturated carbocycles. The summed E-state index contributed by atoms with van der Waals surface area (Å²) in [5.41, 5.74) is 0. The third kappa shape index (κ3) is 2.41. The van der Waals surface area contributed by atoms with Crippen LogP contribution in [-0.2, 0) is 14.2 Å². The van der Waals surface area contributed by atoms with Gasteiger partial charge in [-0.15, -0.1) is 0 Å². The second kappa shape index (κ2) is 5.11. The third-order valence-electron chi connectivity index (χ3n) is 3.24. The van der Waals surface area contributed by atoms with Crippen molar-refractivity contribution in [2.75, 3.05) is 6.61 Å². The van der Waals surface area contributed by atoms with Crippen LogP contribution in [0, 0.1) is 10.1 Å². The number of hydrogen-bond acceptors (Lipinski definition) is 8. The van der Waals surface area contributed by atoms with Crippen molar-refractivity contribution in [3.05, 3.63) is 28.0 Å². The second-order valence-electron chi connectivity index (χ2n) is 4.63. The van der Waals surface area contributed by atoms with Crippen LogP contribution in [-0.4, -0.2) is 46.3 Å². The van der Waals surface area contributed by atoms with Crippen molar-refractivity contribution < 1.29 is 33.8 Å². The SMILES string of the molecule is O=[N+]([O-])c1ccc(C2OCC3OC(O)C[C@@H](O)C3O2)o1. The van der Waals surface area contributed by atoms with Gasteiger partial charge in [-0.3, -0.25) is 10.1 Å². The number of furan rings is 1. The normalized spacial score (nSPS) is 37.4. The summed E-state index contributed by atoms with van der Waals surface area (Å²) in [5.74, 6) is -0.265. The molecule has 0 bridgehead atoms. The monoisotopic (exact) mass is 287 g/mol. The molecule has 1 aromatic rings. The summed E-state index contributed by atoms with van der Waals surface area (Å²) in [6.45, 7) is 0.0813. The molecule has 0 spiro atoms. The molecule has 3 heterocycles. The van der Waals surface area contributed by atoms with Gasteiger partial charge in [0.25, 0.3) is 0 Å². The van der Waals surface area contributed by atoms with Crippen LogP contribution in [0.5, 0.6) is 0 Å². The minimum Gasteiger partial charge on any atom is -0.400 e. The van der Waals surface area contributed by atoms with E-state index in [1.54, 1.807) is 0 Å². The maximum Gasteiger partial charge on any atom is 0.433 e. The van der Waals surface area contributed by atoms with E-state index in [1.165, 1.54) is 12.1 Å². The van der Waals surface area contributed by atoms with Gasteiger partial charge in [0.2, 0.25) is 6.29 Å². The van der Waals surface area contributed by atoms with Crippen LogP contribution in [0.2, 0.25) is 0 Å². The summed E-state index contributed by atoms with van der Waals surface area (Å²) in [6.07, 6.45) is -4.14. The quantitative estimate of drug-likeness (QED) is 0.578. The summed E-state index contributed by atoms with van der Waals surface area (Å²) < 4.78 is 21.0.